The zero-order chi connectivity index (χ0) is 70.6. The molecule has 5 aliphatic rings. The Labute approximate surface area is 621 Å². The van der Waals surface area contributed by atoms with Crippen molar-refractivity contribution in [2.75, 3.05) is 9.80 Å². The van der Waals surface area contributed by atoms with Gasteiger partial charge in [0, 0.05) is 33.7 Å². The van der Waals surface area contributed by atoms with Gasteiger partial charge in [-0.1, -0.05) is 340 Å². The minimum Gasteiger partial charge on any atom is -0.310 e. The second-order valence-electron chi connectivity index (χ2n) is 30.2. The maximum absolute atomic E-state index is 2.60. The number of aryl methyl sites for hydroxylation is 2. The van der Waals surface area contributed by atoms with Gasteiger partial charge in [-0.3, -0.25) is 0 Å². The normalized spacial score (nSPS) is 14.5. The molecule has 0 heterocycles. The summed E-state index contributed by atoms with van der Waals surface area (Å²) in [5, 5.41) is 0. The number of rotatable bonds is 11. The summed E-state index contributed by atoms with van der Waals surface area (Å²) in [6.45, 7) is 9.29. The lowest BCUT2D eigenvalue weighted by Gasteiger charge is -2.36. The smallest absolute Gasteiger partial charge is 0.0726 e. The first-order chi connectivity index (χ1) is 52.2. The van der Waals surface area contributed by atoms with Crippen LogP contribution in [0.25, 0.3) is 66.8 Å². The van der Waals surface area contributed by atoms with Crippen LogP contribution in [0.4, 0.5) is 34.1 Å². The van der Waals surface area contributed by atoms with Crippen molar-refractivity contribution in [2.45, 2.75) is 49.4 Å². The van der Waals surface area contributed by atoms with Gasteiger partial charge in [0.25, 0.3) is 0 Å². The summed E-state index contributed by atoms with van der Waals surface area (Å²) in [7, 11) is 0. The third-order valence-corrected chi connectivity index (χ3v) is 24.5. The molecule has 5 aliphatic carbocycles. The Morgan fingerprint density at radius 2 is 0.528 bits per heavy atom. The SMILES string of the molecule is Cc1ccc2c(c1)C(c1ccccc1)(c1ccccc1)c1cc(N(c3ccc(-c4ccc(N(c5cccc6c5-c5ccccc5C65c6ccccc6-c6ccccc65)c5cccc6c5C(C)(C)c5ccccc5-6)cc4)cc3)c3ccc4c(c3)C(c3ccccc3)(c3ccccc3)c3cc(C)ccc3-4)ccc1-2. The number of anilines is 6. The summed E-state index contributed by atoms with van der Waals surface area (Å²) in [5.41, 5.74) is 40.2. The van der Waals surface area contributed by atoms with E-state index in [9.17, 15) is 0 Å². The number of benzene rings is 16. The Morgan fingerprint density at radius 1 is 0.208 bits per heavy atom. The van der Waals surface area contributed by atoms with Crippen molar-refractivity contribution in [1.82, 2.24) is 0 Å². The van der Waals surface area contributed by atoms with Crippen LogP contribution in [0.3, 0.4) is 0 Å². The second-order valence-corrected chi connectivity index (χ2v) is 30.2. The molecule has 0 amide bonds. The van der Waals surface area contributed by atoms with Crippen LogP contribution in [0.2, 0.25) is 0 Å². The van der Waals surface area contributed by atoms with Crippen molar-refractivity contribution < 1.29 is 0 Å². The molecule has 0 bridgehead atoms. The molecule has 2 heteroatoms. The first-order valence-corrected chi connectivity index (χ1v) is 37.4. The molecular formula is C104H74N2. The molecule has 0 atom stereocenters. The molecular weight excluding hydrogens is 1280 g/mol. The highest BCUT2D eigenvalue weighted by molar-refractivity contribution is 6.03. The van der Waals surface area contributed by atoms with Crippen molar-refractivity contribution in [3.8, 4) is 66.8 Å². The molecule has 500 valence electrons. The third-order valence-electron chi connectivity index (χ3n) is 24.5. The van der Waals surface area contributed by atoms with Crippen LogP contribution in [0, 0.1) is 13.8 Å². The molecule has 1 spiro atoms. The largest absolute Gasteiger partial charge is 0.310 e. The fraction of sp³-hybridized carbons (Fsp3) is 0.0769. The first-order valence-electron chi connectivity index (χ1n) is 37.4. The standard InChI is InChI=1S/C104H74N2/c1-67-47-59-82-84-61-57-77(65-95(84)102(93(82)63-67,71-27-9-5-10-28-71)72-29-11-6-12-30-72)105(78-58-62-85-83-60-48-68(2)64-94(83)103(96(85)66-78,73-31-13-7-14-32-73)74-33-15-8-16-34-74)75-53-49-69(50-54-75)70-51-55-76(56-52-70)106(98-46-25-39-86-81-37-17-21-40-88(81)101(3,4)100(86)98)97-45-26-44-92-99(97)87-38-20-24-43-91(87)104(92)89-41-22-18-35-79(89)80-36-19-23-42-90(80)104/h5-66H,1-4H3. The minimum atomic E-state index is -0.608. The lowest BCUT2D eigenvalue weighted by molar-refractivity contribution is 0.661. The molecule has 16 aromatic carbocycles. The minimum absolute atomic E-state index is 0.287. The maximum atomic E-state index is 2.60. The highest BCUT2D eigenvalue weighted by Gasteiger charge is 2.54. The summed E-state index contributed by atoms with van der Waals surface area (Å²) >= 11 is 0. The molecule has 21 rings (SSSR count). The maximum Gasteiger partial charge on any atom is 0.0726 e. The van der Waals surface area contributed by atoms with Gasteiger partial charge in [0.05, 0.1) is 27.6 Å². The monoisotopic (exact) mass is 1350 g/mol. The van der Waals surface area contributed by atoms with Gasteiger partial charge in [0.2, 0.25) is 0 Å². The lowest BCUT2D eigenvalue weighted by Crippen LogP contribution is -2.29. The third kappa shape index (κ3) is 8.50. The van der Waals surface area contributed by atoms with E-state index in [4.69, 9.17) is 0 Å². The summed E-state index contributed by atoms with van der Waals surface area (Å²) in [6.07, 6.45) is 0. The zero-order valence-corrected chi connectivity index (χ0v) is 59.7. The summed E-state index contributed by atoms with van der Waals surface area (Å²) in [4.78, 5) is 5.12. The van der Waals surface area contributed by atoms with Gasteiger partial charge in [-0.25, -0.2) is 0 Å². The molecule has 0 aliphatic heterocycles. The van der Waals surface area contributed by atoms with Crippen LogP contribution < -0.4 is 9.80 Å². The predicted molar refractivity (Wildman–Crippen MR) is 439 cm³/mol. The second kappa shape index (κ2) is 23.3. The van der Waals surface area contributed by atoms with E-state index in [1.807, 2.05) is 0 Å². The number of fused-ring (bicyclic) bond motifs is 19. The van der Waals surface area contributed by atoms with Gasteiger partial charge in [-0.15, -0.1) is 0 Å². The molecule has 0 radical (unpaired) electrons. The van der Waals surface area contributed by atoms with Crippen LogP contribution in [0.15, 0.2) is 376 Å². The Hall–Kier alpha value is -12.9. The quantitative estimate of drug-likeness (QED) is 0.127. The van der Waals surface area contributed by atoms with Crippen LogP contribution in [0.1, 0.15) is 103 Å². The molecule has 2 nitrogen and oxygen atoms in total. The molecule has 0 N–H and O–H groups in total. The lowest BCUT2D eigenvalue weighted by atomic mass is 9.67. The van der Waals surface area contributed by atoms with Crippen LogP contribution in [0.5, 0.6) is 0 Å². The van der Waals surface area contributed by atoms with Crippen molar-refractivity contribution in [2.24, 2.45) is 0 Å². The Balaban J connectivity index is 0.745. The van der Waals surface area contributed by atoms with Crippen LogP contribution >= 0.6 is 0 Å². The van der Waals surface area contributed by atoms with E-state index in [2.05, 4.69) is 414 Å². The zero-order valence-electron chi connectivity index (χ0n) is 59.7. The predicted octanol–water partition coefficient (Wildman–Crippen LogP) is 26.3. The molecule has 0 fully saturated rings. The number of nitrogens with zero attached hydrogens (tertiary/aromatic N) is 2. The summed E-state index contributed by atoms with van der Waals surface area (Å²) in [5.74, 6) is 0. The summed E-state index contributed by atoms with van der Waals surface area (Å²) < 4.78 is 0. The van der Waals surface area contributed by atoms with Crippen molar-refractivity contribution in [1.29, 1.82) is 0 Å². The van der Waals surface area contributed by atoms with Gasteiger partial charge < -0.3 is 9.80 Å². The Kier molecular flexibility index (Phi) is 13.6. The topological polar surface area (TPSA) is 6.48 Å². The average molecular weight is 1350 g/mol. The fourth-order valence-corrected chi connectivity index (χ4v) is 20.2. The van der Waals surface area contributed by atoms with Gasteiger partial charge in [0.1, 0.15) is 0 Å². The van der Waals surface area contributed by atoms with E-state index < -0.39 is 16.2 Å². The Bertz CT molecular complexity index is 5930. The van der Waals surface area contributed by atoms with Crippen molar-refractivity contribution in [3.63, 3.8) is 0 Å². The highest BCUT2D eigenvalue weighted by Crippen LogP contribution is 2.67. The summed E-state index contributed by atoms with van der Waals surface area (Å²) in [6, 6.07) is 143. The van der Waals surface area contributed by atoms with Gasteiger partial charge in [0.15, 0.2) is 0 Å². The van der Waals surface area contributed by atoms with E-state index in [0.717, 1.165) is 39.6 Å². The molecule has 16 aromatic rings. The first kappa shape index (κ1) is 61.8. The van der Waals surface area contributed by atoms with Gasteiger partial charge >= 0.3 is 0 Å². The molecule has 0 unspecified atom stereocenters. The van der Waals surface area contributed by atoms with Gasteiger partial charge in [-0.05, 0) is 214 Å². The van der Waals surface area contributed by atoms with Crippen LogP contribution in [-0.2, 0) is 21.7 Å². The highest BCUT2D eigenvalue weighted by atomic mass is 15.2. The molecule has 0 saturated carbocycles. The average Bonchev–Trinajstić information content (AvgIpc) is 1.52. The molecule has 0 aromatic heterocycles. The van der Waals surface area contributed by atoms with E-state index in [1.54, 1.807) is 0 Å². The van der Waals surface area contributed by atoms with Crippen LogP contribution in [-0.4, -0.2) is 0 Å². The van der Waals surface area contributed by atoms with E-state index in [0.29, 0.717) is 0 Å². The molecule has 106 heavy (non-hydrogen) atoms. The van der Waals surface area contributed by atoms with Gasteiger partial charge in [-0.2, -0.15) is 0 Å². The fourth-order valence-electron chi connectivity index (χ4n) is 20.2. The van der Waals surface area contributed by atoms with E-state index in [-0.39, 0.29) is 5.41 Å². The number of hydrogen-bond acceptors (Lipinski definition) is 2. The molecule has 0 saturated heterocycles. The number of hydrogen-bond donors (Lipinski definition) is 0. The van der Waals surface area contributed by atoms with Crippen molar-refractivity contribution in [3.05, 3.63) is 465 Å². The van der Waals surface area contributed by atoms with E-state index >= 15 is 0 Å². The Morgan fingerprint density at radius 3 is 0.991 bits per heavy atom. The van der Waals surface area contributed by atoms with E-state index in [1.165, 1.54) is 150 Å². The van der Waals surface area contributed by atoms with Crippen molar-refractivity contribution >= 4 is 34.1 Å².